The number of alkyl halides is 3. The summed E-state index contributed by atoms with van der Waals surface area (Å²) >= 11 is 0. The van der Waals surface area contributed by atoms with Gasteiger partial charge < -0.3 is 28.4 Å². The monoisotopic (exact) mass is 712 g/mol. The summed E-state index contributed by atoms with van der Waals surface area (Å²) in [6, 6.07) is 0. The molecule has 10 aliphatic rings. The maximum absolute atomic E-state index is 14.6. The Kier molecular flexibility index (Phi) is 8.15. The van der Waals surface area contributed by atoms with E-state index in [9.17, 15) is 13.2 Å². The zero-order chi connectivity index (χ0) is 34.9. The molecule has 8 heterocycles. The minimum Gasteiger partial charge on any atom is -0.456 e. The Morgan fingerprint density at radius 3 is 2.16 bits per heavy atom. The Labute approximate surface area is 293 Å². The van der Waals surface area contributed by atoms with Gasteiger partial charge in [-0.25, -0.2) is 9.78 Å². The molecule has 8 aliphatic heterocycles. The lowest BCUT2D eigenvalue weighted by molar-refractivity contribution is -0.580. The number of nitrogens with zero attached hydrogens (tertiary/aromatic N) is 2. The Hall–Kier alpha value is -1.03. The fraction of sp³-hybridized carbons (Fsp3) is 0.946. The normalized spacial score (nSPS) is 51.9. The SMILES string of the molecule is C[C@@H]1CC[C@H]2C[C@@](C)(OCCN3CCN(CC4=C(C(F)(F)F)O[C@@H]5O[C@@]6(C)CCC7[C@H](C)CC[C@@H]4[C@]75O6)CC3)O[C@@H]3O[C@]4(C)CCC1[C@@]23OO4. The van der Waals surface area contributed by atoms with E-state index in [0.29, 0.717) is 68.8 Å². The van der Waals surface area contributed by atoms with Gasteiger partial charge in [0, 0.05) is 70.4 Å². The zero-order valence-electron chi connectivity index (χ0n) is 30.2. The van der Waals surface area contributed by atoms with Gasteiger partial charge in [0.05, 0.1) is 6.61 Å². The molecule has 7 saturated heterocycles. The van der Waals surface area contributed by atoms with Crippen LogP contribution >= 0.6 is 0 Å². The molecular weight excluding hydrogens is 657 g/mol. The third kappa shape index (κ3) is 5.29. The number of piperazine rings is 1. The summed E-state index contributed by atoms with van der Waals surface area (Å²) in [6.45, 7) is 14.5. The van der Waals surface area contributed by atoms with Crippen LogP contribution in [-0.2, 0) is 38.2 Å². The molecule has 0 aromatic carbocycles. The largest absolute Gasteiger partial charge is 0.456 e. The molecule has 0 aromatic rings. The van der Waals surface area contributed by atoms with Crippen LogP contribution in [-0.4, -0.2) is 103 Å². The van der Waals surface area contributed by atoms with Gasteiger partial charge in [-0.2, -0.15) is 13.2 Å². The molecule has 50 heavy (non-hydrogen) atoms. The highest BCUT2D eigenvalue weighted by Crippen LogP contribution is 2.64. The van der Waals surface area contributed by atoms with Gasteiger partial charge in [-0.05, 0) is 88.5 Å². The van der Waals surface area contributed by atoms with Crippen molar-refractivity contribution in [2.24, 2.45) is 35.5 Å². The summed E-state index contributed by atoms with van der Waals surface area (Å²) in [5.74, 6) is -2.31. The molecule has 2 aliphatic carbocycles. The molecule has 0 radical (unpaired) electrons. The zero-order valence-corrected chi connectivity index (χ0v) is 30.2. The maximum atomic E-state index is 14.6. The van der Waals surface area contributed by atoms with Gasteiger partial charge in [-0.3, -0.25) is 9.80 Å². The average molecular weight is 713 g/mol. The van der Waals surface area contributed by atoms with E-state index in [1.54, 1.807) is 0 Å². The van der Waals surface area contributed by atoms with Crippen LogP contribution < -0.4 is 0 Å². The minimum absolute atomic E-state index is 0.111. The van der Waals surface area contributed by atoms with Crippen molar-refractivity contribution < 1.29 is 51.4 Å². The van der Waals surface area contributed by atoms with E-state index in [2.05, 4.69) is 23.6 Å². The van der Waals surface area contributed by atoms with Crippen LogP contribution in [0.2, 0.25) is 0 Å². The van der Waals surface area contributed by atoms with Gasteiger partial charge in [0.15, 0.2) is 23.5 Å². The molecule has 4 bridgehead atoms. The summed E-state index contributed by atoms with van der Waals surface area (Å²) in [6.07, 6.45) is 1.52. The molecule has 9 fully saturated rings. The Balaban J connectivity index is 0.838. The first-order valence-electron chi connectivity index (χ1n) is 19.3. The van der Waals surface area contributed by atoms with E-state index in [0.717, 1.165) is 51.6 Å². The fourth-order valence-electron chi connectivity index (χ4n) is 11.9. The van der Waals surface area contributed by atoms with E-state index >= 15 is 0 Å². The smallest absolute Gasteiger partial charge is 0.449 e. The first-order chi connectivity index (χ1) is 23.7. The van der Waals surface area contributed by atoms with Crippen molar-refractivity contribution in [2.45, 2.75) is 140 Å². The summed E-state index contributed by atoms with van der Waals surface area (Å²) in [7, 11) is 0. The first-order valence-corrected chi connectivity index (χ1v) is 19.3. The van der Waals surface area contributed by atoms with Crippen molar-refractivity contribution in [3.63, 3.8) is 0 Å². The lowest BCUT2D eigenvalue weighted by Crippen LogP contribution is -2.70. The molecule has 2 unspecified atom stereocenters. The molecule has 10 rings (SSSR count). The van der Waals surface area contributed by atoms with Crippen LogP contribution in [0.25, 0.3) is 0 Å². The van der Waals surface area contributed by atoms with E-state index in [4.69, 9.17) is 38.2 Å². The summed E-state index contributed by atoms with van der Waals surface area (Å²) in [5, 5.41) is 0. The van der Waals surface area contributed by atoms with Crippen LogP contribution in [0.3, 0.4) is 0 Å². The second-order valence-electron chi connectivity index (χ2n) is 17.7. The van der Waals surface area contributed by atoms with Crippen molar-refractivity contribution in [3.8, 4) is 0 Å². The Morgan fingerprint density at radius 2 is 1.42 bits per heavy atom. The molecule has 0 aromatic heterocycles. The third-order valence-corrected chi connectivity index (χ3v) is 14.5. The number of halogens is 3. The molecule has 13 atom stereocenters. The van der Waals surface area contributed by atoms with Gasteiger partial charge in [0.2, 0.25) is 17.8 Å². The van der Waals surface area contributed by atoms with Crippen molar-refractivity contribution in [3.05, 3.63) is 11.3 Å². The summed E-state index contributed by atoms with van der Waals surface area (Å²) in [5.41, 5.74) is -1.13. The maximum Gasteiger partial charge on any atom is 0.449 e. The average Bonchev–Trinajstić information content (AvgIpc) is 3.13. The topological polar surface area (TPSA) is 80.3 Å². The fourth-order valence-corrected chi connectivity index (χ4v) is 11.9. The van der Waals surface area contributed by atoms with Crippen molar-refractivity contribution in [1.29, 1.82) is 0 Å². The second kappa shape index (κ2) is 11.7. The molecule has 0 amide bonds. The van der Waals surface area contributed by atoms with Crippen LogP contribution in [0.5, 0.6) is 0 Å². The molecule has 10 nitrogen and oxygen atoms in total. The van der Waals surface area contributed by atoms with Crippen LogP contribution in [0.15, 0.2) is 11.3 Å². The van der Waals surface area contributed by atoms with Gasteiger partial charge in [-0.15, -0.1) is 0 Å². The number of hydrogen-bond donors (Lipinski definition) is 0. The standard InChI is InChI=1S/C37H55F3N2O8/c1-22-6-8-24-20-34(5,47-31-35(24)26(22)11-13-33(4,46-31)49-50-35)43-19-18-41-14-16-42(17-15-41)21-25-28-9-7-23(2)27-10-12-32(3)45-30(36(27,28)48-32)44-29(25)37(38,39)40/h22-24,26-28,30-31H,6-21H2,1-5H3/t22-,23-,24+,26?,27?,28+,30-,31+,32-,33+,34+,35+,36-/m1/s1. The summed E-state index contributed by atoms with van der Waals surface area (Å²) in [4.78, 5) is 16.6. The van der Waals surface area contributed by atoms with Crippen molar-refractivity contribution in [1.82, 2.24) is 9.80 Å². The van der Waals surface area contributed by atoms with Gasteiger partial charge in [0.1, 0.15) is 5.60 Å². The van der Waals surface area contributed by atoms with Crippen LogP contribution in [0, 0.1) is 35.5 Å². The van der Waals surface area contributed by atoms with E-state index in [1.807, 2.05) is 20.8 Å². The minimum atomic E-state index is -4.60. The summed E-state index contributed by atoms with van der Waals surface area (Å²) < 4.78 is 82.3. The highest BCUT2D eigenvalue weighted by atomic mass is 19.4. The predicted octanol–water partition coefficient (Wildman–Crippen LogP) is 6.10. The Bertz CT molecular complexity index is 1370. The highest BCUT2D eigenvalue weighted by molar-refractivity contribution is 5.30. The molecule has 2 spiro atoms. The van der Waals surface area contributed by atoms with Crippen LogP contribution in [0.1, 0.15) is 92.4 Å². The number of allylic oxidation sites excluding steroid dienone is 1. The number of fused-ring (bicyclic) bond motifs is 3. The predicted molar refractivity (Wildman–Crippen MR) is 172 cm³/mol. The molecular formula is C37H55F3N2O8. The lowest BCUT2D eigenvalue weighted by Gasteiger charge is -2.60. The highest BCUT2D eigenvalue weighted by Gasteiger charge is 2.73. The second-order valence-corrected chi connectivity index (χ2v) is 17.7. The van der Waals surface area contributed by atoms with Gasteiger partial charge in [-0.1, -0.05) is 13.8 Å². The van der Waals surface area contributed by atoms with Crippen LogP contribution in [0.4, 0.5) is 13.2 Å². The number of hydrogen-bond acceptors (Lipinski definition) is 10. The number of rotatable bonds is 6. The number of ether oxygens (including phenoxy) is 6. The van der Waals surface area contributed by atoms with E-state index in [1.165, 1.54) is 0 Å². The molecule has 282 valence electrons. The van der Waals surface area contributed by atoms with Crippen molar-refractivity contribution in [2.75, 3.05) is 45.9 Å². The third-order valence-electron chi connectivity index (χ3n) is 14.5. The van der Waals surface area contributed by atoms with E-state index in [-0.39, 0.29) is 24.3 Å². The lowest BCUT2D eigenvalue weighted by atomic mass is 9.58. The van der Waals surface area contributed by atoms with Gasteiger partial charge in [0.25, 0.3) is 0 Å². The van der Waals surface area contributed by atoms with E-state index < -0.39 is 53.1 Å². The Morgan fingerprint density at radius 1 is 0.760 bits per heavy atom. The van der Waals surface area contributed by atoms with Gasteiger partial charge >= 0.3 is 6.18 Å². The first kappa shape index (κ1) is 34.7. The molecule has 2 saturated carbocycles. The van der Waals surface area contributed by atoms with Crippen molar-refractivity contribution >= 4 is 0 Å². The quantitative estimate of drug-likeness (QED) is 0.302. The molecule has 13 heteroatoms. The molecule has 0 N–H and O–H groups in total.